The lowest BCUT2D eigenvalue weighted by Gasteiger charge is -2.15. The van der Waals surface area contributed by atoms with Crippen LogP contribution in [0.3, 0.4) is 0 Å². The van der Waals surface area contributed by atoms with Crippen LogP contribution in [0.4, 0.5) is 0 Å². The second kappa shape index (κ2) is 5.84. The van der Waals surface area contributed by atoms with Crippen LogP contribution in [-0.2, 0) is 6.42 Å². The average Bonchev–Trinajstić information content (AvgIpc) is 2.85. The fraction of sp³-hybridized carbons (Fsp3) is 0.294. The van der Waals surface area contributed by atoms with E-state index in [1.165, 1.54) is 6.07 Å². The molecule has 0 aliphatic carbocycles. The van der Waals surface area contributed by atoms with E-state index < -0.39 is 5.97 Å². The zero-order valence-corrected chi connectivity index (χ0v) is 12.3. The van der Waals surface area contributed by atoms with Gasteiger partial charge < -0.3 is 9.52 Å². The van der Waals surface area contributed by atoms with E-state index in [-0.39, 0.29) is 11.7 Å². The van der Waals surface area contributed by atoms with Gasteiger partial charge in [0.15, 0.2) is 0 Å². The molecule has 21 heavy (non-hydrogen) atoms. The number of carbonyl (C=O) groups is 1. The topological polar surface area (TPSA) is 74.2 Å². The molecule has 0 aliphatic rings. The normalized spacial score (nSPS) is 11.9. The van der Waals surface area contributed by atoms with E-state index in [4.69, 9.17) is 9.52 Å². The SMILES string of the molecule is Cc1cc(C)c(C(C#N)Cc2ccc(C(=O)O)o2)c(C)c1. The molecule has 0 aliphatic heterocycles. The molecule has 0 radical (unpaired) electrons. The Morgan fingerprint density at radius 2 is 1.90 bits per heavy atom. The van der Waals surface area contributed by atoms with Crippen LogP contribution in [0.2, 0.25) is 0 Å². The molecule has 1 unspecified atom stereocenters. The predicted molar refractivity (Wildman–Crippen MR) is 78.4 cm³/mol. The fourth-order valence-electron chi connectivity index (χ4n) is 2.76. The lowest BCUT2D eigenvalue weighted by atomic mass is 9.87. The number of carboxylic acids is 1. The van der Waals surface area contributed by atoms with Crippen molar-refractivity contribution in [2.75, 3.05) is 0 Å². The minimum Gasteiger partial charge on any atom is -0.475 e. The molecule has 0 saturated carbocycles. The van der Waals surface area contributed by atoms with Gasteiger partial charge >= 0.3 is 5.97 Å². The third-order valence-electron chi connectivity index (χ3n) is 3.52. The summed E-state index contributed by atoms with van der Waals surface area (Å²) < 4.78 is 5.25. The van der Waals surface area contributed by atoms with E-state index >= 15 is 0 Å². The van der Waals surface area contributed by atoms with Gasteiger partial charge in [-0.15, -0.1) is 0 Å². The number of rotatable bonds is 4. The summed E-state index contributed by atoms with van der Waals surface area (Å²) in [6, 6.07) is 9.44. The number of furan rings is 1. The van der Waals surface area contributed by atoms with Gasteiger partial charge in [0.2, 0.25) is 5.76 Å². The molecule has 1 N–H and O–H groups in total. The lowest BCUT2D eigenvalue weighted by Crippen LogP contribution is -2.05. The Morgan fingerprint density at radius 1 is 1.29 bits per heavy atom. The van der Waals surface area contributed by atoms with Crippen molar-refractivity contribution in [1.29, 1.82) is 5.26 Å². The van der Waals surface area contributed by atoms with Crippen molar-refractivity contribution in [3.05, 3.63) is 58.0 Å². The number of nitrogens with zero attached hydrogens (tertiary/aromatic N) is 1. The minimum atomic E-state index is -1.10. The third kappa shape index (κ3) is 3.14. The van der Waals surface area contributed by atoms with Gasteiger partial charge in [0.05, 0.1) is 12.0 Å². The maximum absolute atomic E-state index is 10.8. The first-order valence-electron chi connectivity index (χ1n) is 6.71. The number of hydrogen-bond acceptors (Lipinski definition) is 3. The molecule has 4 nitrogen and oxygen atoms in total. The molecule has 0 fully saturated rings. The highest BCUT2D eigenvalue weighted by molar-refractivity contribution is 5.84. The van der Waals surface area contributed by atoms with Gasteiger partial charge in [-0.25, -0.2) is 4.79 Å². The van der Waals surface area contributed by atoms with Crippen molar-refractivity contribution in [2.24, 2.45) is 0 Å². The average molecular weight is 283 g/mol. The van der Waals surface area contributed by atoms with E-state index in [1.807, 2.05) is 20.8 Å². The number of hydrogen-bond donors (Lipinski definition) is 1. The number of nitriles is 1. The van der Waals surface area contributed by atoms with Crippen LogP contribution >= 0.6 is 0 Å². The molecule has 1 aromatic heterocycles. The molecule has 4 heteroatoms. The van der Waals surface area contributed by atoms with Gasteiger partial charge in [-0.1, -0.05) is 17.7 Å². The number of aromatic carboxylic acids is 1. The molecular weight excluding hydrogens is 266 g/mol. The van der Waals surface area contributed by atoms with E-state index in [0.29, 0.717) is 12.2 Å². The molecule has 2 aromatic rings. The zero-order valence-electron chi connectivity index (χ0n) is 12.3. The Bertz CT molecular complexity index is 699. The minimum absolute atomic E-state index is 0.0981. The smallest absolute Gasteiger partial charge is 0.371 e. The first kappa shape index (κ1) is 14.9. The van der Waals surface area contributed by atoms with E-state index in [2.05, 4.69) is 18.2 Å². The summed E-state index contributed by atoms with van der Waals surface area (Å²) >= 11 is 0. The molecule has 2 rings (SSSR count). The van der Waals surface area contributed by atoms with Gasteiger partial charge in [0.25, 0.3) is 0 Å². The Labute approximate surface area is 123 Å². The maximum Gasteiger partial charge on any atom is 0.371 e. The standard InChI is InChI=1S/C17H17NO3/c1-10-6-11(2)16(12(3)7-10)13(9-18)8-14-4-5-15(21-14)17(19)20/h4-7,13H,8H2,1-3H3,(H,19,20). The van der Waals surface area contributed by atoms with Crippen molar-refractivity contribution >= 4 is 5.97 Å². The molecular formula is C17H17NO3. The summed E-state index contributed by atoms with van der Waals surface area (Å²) in [5.74, 6) is -1.03. The molecule has 0 spiro atoms. The largest absolute Gasteiger partial charge is 0.475 e. The summed E-state index contributed by atoms with van der Waals surface area (Å²) in [6.07, 6.45) is 0.370. The highest BCUT2D eigenvalue weighted by atomic mass is 16.4. The van der Waals surface area contributed by atoms with E-state index in [9.17, 15) is 10.1 Å². The van der Waals surface area contributed by atoms with Crippen LogP contribution in [0.1, 0.15) is 44.5 Å². The predicted octanol–water partition coefficient (Wildman–Crippen LogP) is 3.75. The Hall–Kier alpha value is -2.54. The molecule has 1 heterocycles. The number of carboxylic acid groups (broad SMARTS) is 1. The van der Waals surface area contributed by atoms with E-state index in [0.717, 1.165) is 22.3 Å². The molecule has 1 atom stereocenters. The van der Waals surface area contributed by atoms with Gasteiger partial charge in [0, 0.05) is 6.42 Å². The summed E-state index contributed by atoms with van der Waals surface area (Å²) in [5, 5.41) is 18.3. The lowest BCUT2D eigenvalue weighted by molar-refractivity contribution is 0.0660. The van der Waals surface area contributed by atoms with Crippen LogP contribution in [0.5, 0.6) is 0 Å². The highest BCUT2D eigenvalue weighted by Gasteiger charge is 2.19. The van der Waals surface area contributed by atoms with Crippen molar-refractivity contribution < 1.29 is 14.3 Å². The van der Waals surface area contributed by atoms with Crippen LogP contribution in [0.25, 0.3) is 0 Å². The Morgan fingerprint density at radius 3 is 2.38 bits per heavy atom. The summed E-state index contributed by atoms with van der Waals surface area (Å²) in [6.45, 7) is 6.01. The van der Waals surface area contributed by atoms with Crippen LogP contribution in [-0.4, -0.2) is 11.1 Å². The molecule has 0 amide bonds. The summed E-state index contributed by atoms with van der Waals surface area (Å²) in [7, 11) is 0. The van der Waals surface area contributed by atoms with Gasteiger partial charge in [-0.2, -0.15) is 5.26 Å². The highest BCUT2D eigenvalue weighted by Crippen LogP contribution is 2.28. The molecule has 0 bridgehead atoms. The van der Waals surface area contributed by atoms with Crippen molar-refractivity contribution in [1.82, 2.24) is 0 Å². The quantitative estimate of drug-likeness (QED) is 0.927. The summed E-state index contributed by atoms with van der Waals surface area (Å²) in [4.78, 5) is 10.8. The Kier molecular flexibility index (Phi) is 4.13. The van der Waals surface area contributed by atoms with Crippen molar-refractivity contribution in [3.63, 3.8) is 0 Å². The second-order valence-electron chi connectivity index (χ2n) is 5.27. The first-order valence-corrected chi connectivity index (χ1v) is 6.71. The van der Waals surface area contributed by atoms with Gasteiger partial charge in [-0.3, -0.25) is 0 Å². The first-order chi connectivity index (χ1) is 9.92. The van der Waals surface area contributed by atoms with Crippen LogP contribution in [0.15, 0.2) is 28.7 Å². The van der Waals surface area contributed by atoms with Crippen molar-refractivity contribution in [2.45, 2.75) is 33.1 Å². The van der Waals surface area contributed by atoms with Crippen LogP contribution < -0.4 is 0 Å². The van der Waals surface area contributed by atoms with Crippen molar-refractivity contribution in [3.8, 4) is 6.07 Å². The third-order valence-corrected chi connectivity index (χ3v) is 3.52. The van der Waals surface area contributed by atoms with E-state index in [1.54, 1.807) is 6.07 Å². The maximum atomic E-state index is 10.8. The zero-order chi connectivity index (χ0) is 15.6. The van der Waals surface area contributed by atoms with Crippen LogP contribution in [0, 0.1) is 32.1 Å². The van der Waals surface area contributed by atoms with Gasteiger partial charge in [-0.05, 0) is 49.6 Å². The molecule has 108 valence electrons. The molecule has 0 saturated heterocycles. The summed E-state index contributed by atoms with van der Waals surface area (Å²) in [5.41, 5.74) is 4.31. The molecule has 1 aromatic carbocycles. The van der Waals surface area contributed by atoms with Gasteiger partial charge in [0.1, 0.15) is 5.76 Å². The second-order valence-corrected chi connectivity index (χ2v) is 5.27. The fourth-order valence-corrected chi connectivity index (χ4v) is 2.76. The monoisotopic (exact) mass is 283 g/mol. The number of benzene rings is 1. The Balaban J connectivity index is 2.32. The number of aryl methyl sites for hydroxylation is 3.